The Bertz CT molecular complexity index is 474. The highest BCUT2D eigenvalue weighted by Gasteiger charge is 2.28. The number of carbonyl (C=O) groups excluding carboxylic acids is 1. The van der Waals surface area contributed by atoms with E-state index in [2.05, 4.69) is 10.2 Å². The summed E-state index contributed by atoms with van der Waals surface area (Å²) < 4.78 is 71.4. The van der Waals surface area contributed by atoms with Crippen LogP contribution in [-0.2, 0) is 4.79 Å². The van der Waals surface area contributed by atoms with Gasteiger partial charge in [0.15, 0.2) is 4.34 Å². The third-order valence-corrected chi connectivity index (χ3v) is 3.67. The van der Waals surface area contributed by atoms with E-state index < -0.39 is 31.3 Å². The molecule has 0 atom stereocenters. The molecule has 21 heavy (non-hydrogen) atoms. The number of alkyl halides is 6. The van der Waals surface area contributed by atoms with E-state index in [-0.39, 0.29) is 15.2 Å². The van der Waals surface area contributed by atoms with E-state index in [1.807, 2.05) is 5.32 Å². The third-order valence-electron chi connectivity index (χ3n) is 1.66. The van der Waals surface area contributed by atoms with Gasteiger partial charge >= 0.3 is 12.4 Å². The molecule has 0 saturated carbocycles. The molecule has 5 nitrogen and oxygen atoms in total. The van der Waals surface area contributed by atoms with E-state index in [0.29, 0.717) is 0 Å². The summed E-state index contributed by atoms with van der Waals surface area (Å²) in [6.07, 6.45) is -8.91. The van der Waals surface area contributed by atoms with Crippen LogP contribution in [0.4, 0.5) is 31.5 Å². The molecule has 1 aromatic heterocycles. The van der Waals surface area contributed by atoms with E-state index in [1.54, 1.807) is 5.32 Å². The minimum Gasteiger partial charge on any atom is -0.351 e. The molecule has 0 bridgehead atoms. The number of aromatic nitrogens is 2. The van der Waals surface area contributed by atoms with Gasteiger partial charge in [0.1, 0.15) is 13.1 Å². The largest absolute Gasteiger partial charge is 0.405 e. The monoisotopic (exact) mass is 354 g/mol. The predicted octanol–water partition coefficient (Wildman–Crippen LogP) is 2.28. The van der Waals surface area contributed by atoms with Crippen LogP contribution in [0.1, 0.15) is 0 Å². The topological polar surface area (TPSA) is 66.9 Å². The lowest BCUT2D eigenvalue weighted by Gasteiger charge is -2.07. The lowest BCUT2D eigenvalue weighted by molar-refractivity contribution is -0.136. The summed E-state index contributed by atoms with van der Waals surface area (Å²) in [5.41, 5.74) is 0. The molecule has 0 saturated heterocycles. The molecule has 0 radical (unpaired) electrons. The molecule has 1 rings (SSSR count). The minimum absolute atomic E-state index is 0.0921. The number of carbonyl (C=O) groups is 1. The van der Waals surface area contributed by atoms with E-state index in [4.69, 9.17) is 0 Å². The molecule has 1 heterocycles. The first-order valence-corrected chi connectivity index (χ1v) is 6.96. The van der Waals surface area contributed by atoms with Crippen molar-refractivity contribution < 1.29 is 31.1 Å². The first-order valence-electron chi connectivity index (χ1n) is 5.15. The van der Waals surface area contributed by atoms with Crippen LogP contribution in [0.25, 0.3) is 0 Å². The molecule has 0 spiro atoms. The van der Waals surface area contributed by atoms with Gasteiger partial charge in [-0.15, -0.1) is 10.2 Å². The summed E-state index contributed by atoms with van der Waals surface area (Å²) in [4.78, 5) is 11.1. The van der Waals surface area contributed by atoms with Gasteiger partial charge in [-0.2, -0.15) is 26.3 Å². The lowest BCUT2D eigenvalue weighted by Crippen LogP contribution is -2.34. The summed E-state index contributed by atoms with van der Waals surface area (Å²) in [6, 6.07) is 0. The van der Waals surface area contributed by atoms with Crippen molar-refractivity contribution in [2.75, 3.05) is 24.2 Å². The zero-order chi connectivity index (χ0) is 16.1. The zero-order valence-electron chi connectivity index (χ0n) is 10.0. The maximum absolute atomic E-state index is 11.9. The molecule has 0 aromatic carbocycles. The molecular formula is C8H8F6N4OS2. The molecule has 120 valence electrons. The standard InChI is InChI=1S/C8H8F6N4OS2/c9-7(10,11)2-15-4(19)1-20-6-18-17-5(21-6)16-3-8(12,13)14/h1-3H2,(H,15,19)(H,16,17). The highest BCUT2D eigenvalue weighted by atomic mass is 32.2. The summed E-state index contributed by atoms with van der Waals surface area (Å²) in [6.45, 7) is -2.72. The Labute approximate surface area is 122 Å². The number of hydrogen-bond donors (Lipinski definition) is 2. The Kier molecular flexibility index (Phi) is 6.07. The van der Waals surface area contributed by atoms with Gasteiger partial charge in [0.25, 0.3) is 0 Å². The van der Waals surface area contributed by atoms with Crippen LogP contribution in [-0.4, -0.2) is 47.3 Å². The second kappa shape index (κ2) is 7.15. The van der Waals surface area contributed by atoms with Crippen molar-refractivity contribution in [1.82, 2.24) is 15.5 Å². The number of halogens is 6. The van der Waals surface area contributed by atoms with E-state index in [1.165, 1.54) is 0 Å². The lowest BCUT2D eigenvalue weighted by atomic mass is 10.6. The number of rotatable bonds is 6. The van der Waals surface area contributed by atoms with E-state index >= 15 is 0 Å². The first-order chi connectivity index (χ1) is 9.55. The van der Waals surface area contributed by atoms with Crippen LogP contribution in [0, 0.1) is 0 Å². The van der Waals surface area contributed by atoms with Crippen molar-refractivity contribution >= 4 is 34.1 Å². The van der Waals surface area contributed by atoms with Crippen LogP contribution >= 0.6 is 23.1 Å². The van der Waals surface area contributed by atoms with Crippen molar-refractivity contribution in [1.29, 1.82) is 0 Å². The Morgan fingerprint density at radius 2 is 1.71 bits per heavy atom. The van der Waals surface area contributed by atoms with Gasteiger partial charge in [-0.25, -0.2) is 0 Å². The number of hydrogen-bond acceptors (Lipinski definition) is 6. The maximum Gasteiger partial charge on any atom is 0.405 e. The molecule has 0 unspecified atom stereocenters. The van der Waals surface area contributed by atoms with Crippen molar-refractivity contribution in [2.45, 2.75) is 16.7 Å². The van der Waals surface area contributed by atoms with Crippen LogP contribution in [0.2, 0.25) is 0 Å². The Balaban J connectivity index is 2.33. The van der Waals surface area contributed by atoms with Crippen molar-refractivity contribution in [2.24, 2.45) is 0 Å². The summed E-state index contributed by atoms with van der Waals surface area (Å²) >= 11 is 1.54. The number of amides is 1. The fraction of sp³-hybridized carbons (Fsp3) is 0.625. The van der Waals surface area contributed by atoms with Crippen LogP contribution in [0.5, 0.6) is 0 Å². The molecule has 0 fully saturated rings. The SMILES string of the molecule is O=C(CSc1nnc(NCC(F)(F)F)s1)NCC(F)(F)F. The normalized spacial score (nSPS) is 12.3. The smallest absolute Gasteiger partial charge is 0.351 e. The average Bonchev–Trinajstić information content (AvgIpc) is 2.77. The summed E-state index contributed by atoms with van der Waals surface area (Å²) in [5, 5.41) is 10.5. The Morgan fingerprint density at radius 3 is 2.29 bits per heavy atom. The fourth-order valence-corrected chi connectivity index (χ4v) is 2.47. The second-order valence-electron chi connectivity index (χ2n) is 3.52. The van der Waals surface area contributed by atoms with Gasteiger partial charge in [0.2, 0.25) is 11.0 Å². The third kappa shape index (κ3) is 8.60. The fourth-order valence-electron chi connectivity index (χ4n) is 0.892. The number of thioether (sulfide) groups is 1. The predicted molar refractivity (Wildman–Crippen MR) is 64.2 cm³/mol. The van der Waals surface area contributed by atoms with Crippen molar-refractivity contribution in [3.8, 4) is 0 Å². The molecule has 0 aliphatic rings. The Morgan fingerprint density at radius 1 is 1.10 bits per heavy atom. The van der Waals surface area contributed by atoms with Crippen molar-refractivity contribution in [3.05, 3.63) is 0 Å². The van der Waals surface area contributed by atoms with E-state index in [0.717, 1.165) is 23.1 Å². The van der Waals surface area contributed by atoms with Gasteiger partial charge in [0.05, 0.1) is 5.75 Å². The van der Waals surface area contributed by atoms with Crippen LogP contribution < -0.4 is 10.6 Å². The zero-order valence-corrected chi connectivity index (χ0v) is 11.6. The van der Waals surface area contributed by atoms with Crippen molar-refractivity contribution in [3.63, 3.8) is 0 Å². The Hall–Kier alpha value is -1.24. The highest BCUT2D eigenvalue weighted by molar-refractivity contribution is 8.01. The number of nitrogens with one attached hydrogen (secondary N) is 2. The van der Waals surface area contributed by atoms with Crippen LogP contribution in [0.15, 0.2) is 4.34 Å². The molecule has 0 aliphatic heterocycles. The quantitative estimate of drug-likeness (QED) is 0.606. The van der Waals surface area contributed by atoms with Gasteiger partial charge in [-0.05, 0) is 0 Å². The first kappa shape index (κ1) is 17.8. The molecule has 1 amide bonds. The molecule has 0 aliphatic carbocycles. The molecule has 1 aromatic rings. The molecular weight excluding hydrogens is 346 g/mol. The molecule has 13 heteroatoms. The average molecular weight is 354 g/mol. The minimum atomic E-state index is -4.50. The van der Waals surface area contributed by atoms with Gasteiger partial charge < -0.3 is 10.6 Å². The summed E-state index contributed by atoms with van der Waals surface area (Å²) in [7, 11) is 0. The van der Waals surface area contributed by atoms with Gasteiger partial charge in [0, 0.05) is 0 Å². The second-order valence-corrected chi connectivity index (χ2v) is 5.72. The van der Waals surface area contributed by atoms with E-state index in [9.17, 15) is 31.1 Å². The highest BCUT2D eigenvalue weighted by Crippen LogP contribution is 2.26. The summed E-state index contributed by atoms with van der Waals surface area (Å²) in [5.74, 6) is -1.21. The number of anilines is 1. The maximum atomic E-state index is 11.9. The number of nitrogens with zero attached hydrogens (tertiary/aromatic N) is 2. The van der Waals surface area contributed by atoms with Gasteiger partial charge in [-0.1, -0.05) is 23.1 Å². The molecule has 2 N–H and O–H groups in total. The van der Waals surface area contributed by atoms with Gasteiger partial charge in [-0.3, -0.25) is 4.79 Å². The van der Waals surface area contributed by atoms with Crippen LogP contribution in [0.3, 0.4) is 0 Å².